The third-order valence-electron chi connectivity index (χ3n) is 4.05. The summed E-state index contributed by atoms with van der Waals surface area (Å²) < 4.78 is 18.4. The number of rotatable bonds is 9. The maximum absolute atomic E-state index is 13.0. The third-order valence-corrected chi connectivity index (χ3v) is 5.13. The van der Waals surface area contributed by atoms with Crippen LogP contribution in [0.4, 0.5) is 14.9 Å². The van der Waals surface area contributed by atoms with Crippen LogP contribution >= 0.6 is 11.8 Å². The lowest BCUT2D eigenvalue weighted by Crippen LogP contribution is -2.30. The highest BCUT2D eigenvalue weighted by molar-refractivity contribution is 7.99. The Kier molecular flexibility index (Phi) is 7.45. The van der Waals surface area contributed by atoms with Crippen LogP contribution in [-0.4, -0.2) is 29.2 Å². The van der Waals surface area contributed by atoms with Crippen molar-refractivity contribution in [2.75, 3.05) is 17.6 Å². The molecule has 0 aliphatic carbocycles. The van der Waals surface area contributed by atoms with Crippen molar-refractivity contribution in [3.05, 3.63) is 66.3 Å². The molecule has 0 radical (unpaired) electrons. The number of thioether (sulfide) groups is 1. The standard InChI is InChI=1S/C21H21FN4O3S/c22-15-7-5-14(6-8-15)20-25-16(13-29-20)9-11-24-21(28)26-17-3-1-2-4-18(17)30-12-10-19(23)27/h1-8,13H,9-12H2,(H2,23,27)(H2,24,26,28). The predicted octanol–water partition coefficient (Wildman–Crippen LogP) is 3.81. The van der Waals surface area contributed by atoms with Crippen LogP contribution < -0.4 is 16.4 Å². The number of nitrogens with two attached hydrogens (primary N) is 1. The number of aromatic nitrogens is 1. The number of carbonyl (C=O) groups is 2. The second-order valence-corrected chi connectivity index (χ2v) is 7.48. The zero-order chi connectivity index (χ0) is 21.3. The molecule has 0 saturated carbocycles. The number of carbonyl (C=O) groups excluding carboxylic acids is 2. The molecule has 0 aliphatic heterocycles. The summed E-state index contributed by atoms with van der Waals surface area (Å²) in [6.07, 6.45) is 2.26. The molecule has 0 saturated heterocycles. The molecule has 0 unspecified atom stereocenters. The number of hydrogen-bond acceptors (Lipinski definition) is 5. The van der Waals surface area contributed by atoms with E-state index in [2.05, 4.69) is 15.6 Å². The first-order chi connectivity index (χ1) is 14.5. The monoisotopic (exact) mass is 428 g/mol. The molecule has 0 fully saturated rings. The van der Waals surface area contributed by atoms with Crippen LogP contribution in [0, 0.1) is 5.82 Å². The summed E-state index contributed by atoms with van der Waals surface area (Å²) in [5.74, 6) is 0.254. The van der Waals surface area contributed by atoms with Gasteiger partial charge in [-0.2, -0.15) is 0 Å². The van der Waals surface area contributed by atoms with Gasteiger partial charge in [0.15, 0.2) is 0 Å². The Hall–Kier alpha value is -3.33. The zero-order valence-electron chi connectivity index (χ0n) is 16.1. The van der Waals surface area contributed by atoms with E-state index in [1.807, 2.05) is 18.2 Å². The fourth-order valence-corrected chi connectivity index (χ4v) is 3.55. The Labute approximate surface area is 177 Å². The molecule has 1 aromatic heterocycles. The van der Waals surface area contributed by atoms with Crippen LogP contribution in [-0.2, 0) is 11.2 Å². The van der Waals surface area contributed by atoms with Gasteiger partial charge in [0.05, 0.1) is 11.4 Å². The van der Waals surface area contributed by atoms with E-state index in [4.69, 9.17) is 10.2 Å². The maximum Gasteiger partial charge on any atom is 0.319 e. The maximum atomic E-state index is 13.0. The first kappa shape index (κ1) is 21.4. The number of hydrogen-bond donors (Lipinski definition) is 3. The summed E-state index contributed by atoms with van der Waals surface area (Å²) in [6.45, 7) is 0.359. The summed E-state index contributed by atoms with van der Waals surface area (Å²) >= 11 is 1.45. The lowest BCUT2D eigenvalue weighted by atomic mass is 10.2. The molecule has 3 amide bonds. The number of oxazole rings is 1. The Morgan fingerprint density at radius 2 is 1.90 bits per heavy atom. The minimum Gasteiger partial charge on any atom is -0.444 e. The molecule has 9 heteroatoms. The minimum absolute atomic E-state index is 0.267. The van der Waals surface area contributed by atoms with Crippen molar-refractivity contribution >= 4 is 29.4 Å². The van der Waals surface area contributed by atoms with Crippen LogP contribution in [0.1, 0.15) is 12.1 Å². The fraction of sp³-hybridized carbons (Fsp3) is 0.190. The van der Waals surface area contributed by atoms with Gasteiger partial charge in [0.2, 0.25) is 11.8 Å². The molecule has 0 atom stereocenters. The van der Waals surface area contributed by atoms with Gasteiger partial charge in [-0.25, -0.2) is 14.2 Å². The van der Waals surface area contributed by atoms with Gasteiger partial charge in [-0.1, -0.05) is 12.1 Å². The number of benzene rings is 2. The zero-order valence-corrected chi connectivity index (χ0v) is 16.9. The topological polar surface area (TPSA) is 110 Å². The molecule has 0 spiro atoms. The fourth-order valence-electron chi connectivity index (χ4n) is 2.57. The molecular formula is C21H21FN4O3S. The van der Waals surface area contributed by atoms with E-state index >= 15 is 0 Å². The van der Waals surface area contributed by atoms with Gasteiger partial charge in [-0.05, 0) is 36.4 Å². The van der Waals surface area contributed by atoms with Gasteiger partial charge in [-0.3, -0.25) is 4.79 Å². The molecule has 3 aromatic rings. The Bertz CT molecular complexity index is 1010. The minimum atomic E-state index is -0.360. The van der Waals surface area contributed by atoms with E-state index in [1.165, 1.54) is 30.2 Å². The van der Waals surface area contributed by atoms with Crippen molar-refractivity contribution in [1.82, 2.24) is 10.3 Å². The highest BCUT2D eigenvalue weighted by Crippen LogP contribution is 2.27. The second kappa shape index (κ2) is 10.4. The van der Waals surface area contributed by atoms with E-state index < -0.39 is 0 Å². The SMILES string of the molecule is NC(=O)CCSc1ccccc1NC(=O)NCCc1coc(-c2ccc(F)cc2)n1. The smallest absolute Gasteiger partial charge is 0.319 e. The van der Waals surface area contributed by atoms with Gasteiger partial charge in [0.25, 0.3) is 0 Å². The van der Waals surface area contributed by atoms with Crippen molar-refractivity contribution in [3.8, 4) is 11.5 Å². The molecule has 0 aliphatic rings. The summed E-state index contributed by atoms with van der Waals surface area (Å²) in [4.78, 5) is 28.3. The quantitative estimate of drug-likeness (QED) is 0.449. The number of primary amides is 1. The summed E-state index contributed by atoms with van der Waals surface area (Å²) in [5, 5.41) is 5.58. The number of nitrogens with one attached hydrogen (secondary N) is 2. The highest BCUT2D eigenvalue weighted by atomic mass is 32.2. The summed E-state index contributed by atoms with van der Waals surface area (Å²) in [5.41, 5.74) is 7.17. The van der Waals surface area contributed by atoms with Crippen molar-refractivity contribution in [2.45, 2.75) is 17.7 Å². The van der Waals surface area contributed by atoms with E-state index in [-0.39, 0.29) is 24.2 Å². The molecule has 0 bridgehead atoms. The Morgan fingerprint density at radius 3 is 2.67 bits per heavy atom. The number of para-hydroxylation sites is 1. The first-order valence-corrected chi connectivity index (χ1v) is 10.2. The van der Waals surface area contributed by atoms with Crippen LogP contribution in [0.15, 0.2) is 64.1 Å². The lowest BCUT2D eigenvalue weighted by Gasteiger charge is -2.11. The lowest BCUT2D eigenvalue weighted by molar-refractivity contribution is -0.117. The number of halogens is 1. The van der Waals surface area contributed by atoms with E-state index in [9.17, 15) is 14.0 Å². The Morgan fingerprint density at radius 1 is 1.13 bits per heavy atom. The normalized spacial score (nSPS) is 10.6. The van der Waals surface area contributed by atoms with Gasteiger partial charge in [0.1, 0.15) is 12.1 Å². The van der Waals surface area contributed by atoms with Crippen molar-refractivity contribution < 1.29 is 18.4 Å². The van der Waals surface area contributed by atoms with E-state index in [0.717, 1.165) is 4.90 Å². The van der Waals surface area contributed by atoms with Gasteiger partial charge in [0, 0.05) is 35.6 Å². The molecule has 3 rings (SSSR count). The van der Waals surface area contributed by atoms with Crippen LogP contribution in [0.2, 0.25) is 0 Å². The third kappa shape index (κ3) is 6.35. The molecule has 156 valence electrons. The van der Waals surface area contributed by atoms with Gasteiger partial charge in [-0.15, -0.1) is 11.8 Å². The number of nitrogens with zero attached hydrogens (tertiary/aromatic N) is 1. The highest BCUT2D eigenvalue weighted by Gasteiger charge is 2.09. The van der Waals surface area contributed by atoms with Crippen LogP contribution in [0.3, 0.4) is 0 Å². The average Bonchev–Trinajstić information content (AvgIpc) is 3.18. The Balaban J connectivity index is 1.48. The number of urea groups is 1. The first-order valence-electron chi connectivity index (χ1n) is 9.26. The summed E-state index contributed by atoms with van der Waals surface area (Å²) in [6, 6.07) is 12.9. The number of anilines is 1. The van der Waals surface area contributed by atoms with Crippen molar-refractivity contribution in [2.24, 2.45) is 5.73 Å². The van der Waals surface area contributed by atoms with Crippen molar-refractivity contribution in [1.29, 1.82) is 0 Å². The van der Waals surface area contributed by atoms with Crippen LogP contribution in [0.25, 0.3) is 11.5 Å². The molecule has 2 aromatic carbocycles. The largest absolute Gasteiger partial charge is 0.444 e. The van der Waals surface area contributed by atoms with Gasteiger partial charge >= 0.3 is 6.03 Å². The second-order valence-electron chi connectivity index (χ2n) is 6.34. The molecule has 30 heavy (non-hydrogen) atoms. The average molecular weight is 428 g/mol. The predicted molar refractivity (Wildman–Crippen MR) is 114 cm³/mol. The van der Waals surface area contributed by atoms with E-state index in [1.54, 1.807) is 18.2 Å². The molecule has 7 nitrogen and oxygen atoms in total. The van der Waals surface area contributed by atoms with E-state index in [0.29, 0.717) is 41.6 Å². The summed E-state index contributed by atoms with van der Waals surface area (Å²) in [7, 11) is 0. The molecule has 1 heterocycles. The number of amides is 3. The van der Waals surface area contributed by atoms with Crippen molar-refractivity contribution in [3.63, 3.8) is 0 Å². The molecule has 4 N–H and O–H groups in total. The molecular weight excluding hydrogens is 407 g/mol. The van der Waals surface area contributed by atoms with Crippen LogP contribution in [0.5, 0.6) is 0 Å². The van der Waals surface area contributed by atoms with Gasteiger partial charge < -0.3 is 20.8 Å².